The minimum atomic E-state index is -4.28. The molecule has 1 atom stereocenters. The van der Waals surface area contributed by atoms with Crippen molar-refractivity contribution in [2.45, 2.75) is 38.8 Å². The average molecular weight is 283 g/mol. The third-order valence-corrected chi connectivity index (χ3v) is 2.41. The van der Waals surface area contributed by atoms with E-state index in [4.69, 9.17) is 14.4 Å². The summed E-state index contributed by atoms with van der Waals surface area (Å²) >= 11 is 0. The Morgan fingerprint density at radius 2 is 1.83 bits per heavy atom. The van der Waals surface area contributed by atoms with Crippen LogP contribution in [0.25, 0.3) is 0 Å². The van der Waals surface area contributed by atoms with Gasteiger partial charge in [-0.25, -0.2) is 9.59 Å². The zero-order valence-electron chi connectivity index (χ0n) is 10.3. The number of carbonyl (C=O) groups excluding carboxylic acids is 1. The number of amides is 1. The summed E-state index contributed by atoms with van der Waals surface area (Å²) in [5.41, 5.74) is -0.795. The van der Waals surface area contributed by atoms with Gasteiger partial charge in [-0.2, -0.15) is 8.42 Å². The fraction of sp³-hybridized carbons (Fsp3) is 0.778. The maximum Gasteiger partial charge on any atom is 0.408 e. The van der Waals surface area contributed by atoms with Gasteiger partial charge in [0.1, 0.15) is 11.6 Å². The Morgan fingerprint density at radius 1 is 1.33 bits per heavy atom. The fourth-order valence-corrected chi connectivity index (χ4v) is 1.51. The first kappa shape index (κ1) is 16.6. The van der Waals surface area contributed by atoms with E-state index in [1.807, 2.05) is 5.32 Å². The van der Waals surface area contributed by atoms with E-state index in [-0.39, 0.29) is 0 Å². The Morgan fingerprint density at radius 3 is 2.17 bits per heavy atom. The maximum atomic E-state index is 11.3. The normalized spacial score (nSPS) is 13.8. The zero-order chi connectivity index (χ0) is 14.6. The molecular weight excluding hydrogens is 266 g/mol. The molecule has 0 aliphatic carbocycles. The summed E-state index contributed by atoms with van der Waals surface area (Å²) in [4.78, 5) is 22.1. The minimum absolute atomic E-state index is 0.451. The predicted molar refractivity (Wildman–Crippen MR) is 61.8 cm³/mol. The molecule has 18 heavy (non-hydrogen) atoms. The molecule has 0 spiro atoms. The highest BCUT2D eigenvalue weighted by Crippen LogP contribution is 2.07. The number of hydrogen-bond acceptors (Lipinski definition) is 5. The molecule has 0 aromatic heterocycles. The van der Waals surface area contributed by atoms with Crippen molar-refractivity contribution in [1.82, 2.24) is 5.32 Å². The molecule has 1 unspecified atom stereocenters. The van der Waals surface area contributed by atoms with Crippen molar-refractivity contribution >= 4 is 22.2 Å². The fourth-order valence-electron chi connectivity index (χ4n) is 0.974. The number of nitrogens with one attached hydrogen (secondary N) is 1. The number of aliphatic carboxylic acids is 1. The van der Waals surface area contributed by atoms with E-state index < -0.39 is 46.0 Å². The number of carbonyl (C=O) groups is 2. The summed E-state index contributed by atoms with van der Waals surface area (Å²) in [5.74, 6) is -2.18. The second kappa shape index (κ2) is 6.01. The molecule has 0 bridgehead atoms. The first-order valence-electron chi connectivity index (χ1n) is 5.08. The molecule has 0 aliphatic heterocycles. The second-order valence-corrected chi connectivity index (χ2v) is 6.18. The molecule has 0 saturated heterocycles. The van der Waals surface area contributed by atoms with Crippen molar-refractivity contribution in [3.05, 3.63) is 0 Å². The highest BCUT2D eigenvalue weighted by molar-refractivity contribution is 7.85. The first-order chi connectivity index (χ1) is 7.91. The average Bonchev–Trinajstić information content (AvgIpc) is 2.06. The summed E-state index contributed by atoms with van der Waals surface area (Å²) in [5, 5.41) is 10.8. The van der Waals surface area contributed by atoms with E-state index in [9.17, 15) is 18.0 Å². The largest absolute Gasteiger partial charge is 0.480 e. The summed E-state index contributed by atoms with van der Waals surface area (Å²) in [6.45, 7) is 4.79. The monoisotopic (exact) mass is 283 g/mol. The van der Waals surface area contributed by atoms with Gasteiger partial charge >= 0.3 is 12.1 Å². The molecule has 8 nitrogen and oxygen atoms in total. The molecule has 0 saturated carbocycles. The molecular formula is C9H17NO7S. The van der Waals surface area contributed by atoms with Crippen LogP contribution < -0.4 is 5.32 Å². The van der Waals surface area contributed by atoms with Crippen LogP contribution in [0.2, 0.25) is 0 Å². The molecule has 3 N–H and O–H groups in total. The first-order valence-corrected chi connectivity index (χ1v) is 6.69. The van der Waals surface area contributed by atoms with Crippen molar-refractivity contribution in [1.29, 1.82) is 0 Å². The van der Waals surface area contributed by atoms with Crippen LogP contribution in [0.4, 0.5) is 4.79 Å². The lowest BCUT2D eigenvalue weighted by Crippen LogP contribution is -2.44. The maximum absolute atomic E-state index is 11.3. The number of rotatable bonds is 5. The minimum Gasteiger partial charge on any atom is -0.480 e. The molecule has 0 radical (unpaired) electrons. The number of alkyl carbamates (subject to hydrolysis) is 1. The Kier molecular flexibility index (Phi) is 5.55. The van der Waals surface area contributed by atoms with Gasteiger partial charge in [-0.05, 0) is 27.2 Å². The van der Waals surface area contributed by atoms with Gasteiger partial charge in [-0.15, -0.1) is 0 Å². The van der Waals surface area contributed by atoms with Crippen LogP contribution in [0.5, 0.6) is 0 Å². The van der Waals surface area contributed by atoms with Crippen LogP contribution in [0.15, 0.2) is 0 Å². The summed E-state index contributed by atoms with van der Waals surface area (Å²) in [6.07, 6.45) is -1.42. The summed E-state index contributed by atoms with van der Waals surface area (Å²) in [7, 11) is -4.28. The van der Waals surface area contributed by atoms with E-state index in [0.29, 0.717) is 0 Å². The van der Waals surface area contributed by atoms with Crippen molar-refractivity contribution in [3.8, 4) is 0 Å². The Hall–Kier alpha value is -1.35. The summed E-state index contributed by atoms with van der Waals surface area (Å²) in [6, 6.07) is -1.44. The standard InChI is InChI=1S/C9H17NO7S/c1-9(2,3)17-8(13)10-6(7(11)12)4-5-18(14,15)16/h6H,4-5H2,1-3H3,(H,10,13)(H,11,12)(H,14,15,16). The topological polar surface area (TPSA) is 130 Å². The summed E-state index contributed by atoms with van der Waals surface area (Å²) < 4.78 is 34.3. The van der Waals surface area contributed by atoms with Gasteiger partial charge in [0.2, 0.25) is 0 Å². The van der Waals surface area contributed by atoms with Crippen LogP contribution in [0.3, 0.4) is 0 Å². The van der Waals surface area contributed by atoms with Crippen LogP contribution in [-0.4, -0.2) is 47.5 Å². The van der Waals surface area contributed by atoms with Crippen molar-refractivity contribution in [2.75, 3.05) is 5.75 Å². The Labute approximate surface area is 105 Å². The Bertz CT molecular complexity index is 409. The van der Waals surface area contributed by atoms with Gasteiger partial charge in [0.05, 0.1) is 5.75 Å². The van der Waals surface area contributed by atoms with Gasteiger partial charge in [0.25, 0.3) is 10.1 Å². The van der Waals surface area contributed by atoms with E-state index in [1.165, 1.54) is 0 Å². The van der Waals surface area contributed by atoms with Gasteiger partial charge in [-0.3, -0.25) is 4.55 Å². The van der Waals surface area contributed by atoms with Crippen LogP contribution in [0, 0.1) is 0 Å². The van der Waals surface area contributed by atoms with Gasteiger partial charge < -0.3 is 15.2 Å². The third-order valence-electron chi connectivity index (χ3n) is 1.65. The predicted octanol–water partition coefficient (Wildman–Crippen LogP) is 0.242. The zero-order valence-corrected chi connectivity index (χ0v) is 11.2. The molecule has 9 heteroatoms. The highest BCUT2D eigenvalue weighted by Gasteiger charge is 2.25. The van der Waals surface area contributed by atoms with E-state index in [0.717, 1.165) is 0 Å². The molecule has 0 aromatic rings. The van der Waals surface area contributed by atoms with Crippen molar-refractivity contribution < 1.29 is 32.4 Å². The lowest BCUT2D eigenvalue weighted by Gasteiger charge is -2.21. The molecule has 0 rings (SSSR count). The lowest BCUT2D eigenvalue weighted by atomic mass is 10.2. The SMILES string of the molecule is CC(C)(C)OC(=O)NC(CCS(=O)(=O)O)C(=O)O. The number of hydrogen-bond donors (Lipinski definition) is 3. The molecule has 0 aliphatic rings. The second-order valence-electron chi connectivity index (χ2n) is 4.61. The highest BCUT2D eigenvalue weighted by atomic mass is 32.2. The van der Waals surface area contributed by atoms with Crippen LogP contribution >= 0.6 is 0 Å². The molecule has 0 heterocycles. The van der Waals surface area contributed by atoms with Gasteiger partial charge in [-0.1, -0.05) is 0 Å². The third kappa shape index (κ3) is 8.76. The van der Waals surface area contributed by atoms with Gasteiger partial charge in [0, 0.05) is 0 Å². The molecule has 0 fully saturated rings. The smallest absolute Gasteiger partial charge is 0.408 e. The number of ether oxygens (including phenoxy) is 1. The lowest BCUT2D eigenvalue weighted by molar-refractivity contribution is -0.139. The Balaban J connectivity index is 4.46. The quantitative estimate of drug-likeness (QED) is 0.616. The van der Waals surface area contributed by atoms with Crippen molar-refractivity contribution in [2.24, 2.45) is 0 Å². The number of carboxylic acid groups (broad SMARTS) is 1. The van der Waals surface area contributed by atoms with E-state index >= 15 is 0 Å². The van der Waals surface area contributed by atoms with E-state index in [1.54, 1.807) is 20.8 Å². The molecule has 0 aromatic carbocycles. The van der Waals surface area contributed by atoms with E-state index in [2.05, 4.69) is 0 Å². The van der Waals surface area contributed by atoms with Crippen LogP contribution in [-0.2, 0) is 19.6 Å². The molecule has 1 amide bonds. The van der Waals surface area contributed by atoms with Crippen LogP contribution in [0.1, 0.15) is 27.2 Å². The number of carboxylic acids is 1. The van der Waals surface area contributed by atoms with Gasteiger partial charge in [0.15, 0.2) is 0 Å². The van der Waals surface area contributed by atoms with Crippen molar-refractivity contribution in [3.63, 3.8) is 0 Å². The molecule has 106 valence electrons.